The Bertz CT molecular complexity index is 700. The van der Waals surface area contributed by atoms with Crippen LogP contribution in [0.5, 0.6) is 17.2 Å². The first-order valence-electron chi connectivity index (χ1n) is 7.83. The molecule has 2 aromatic rings. The summed E-state index contributed by atoms with van der Waals surface area (Å²) in [5.74, 6) is 1.73. The summed E-state index contributed by atoms with van der Waals surface area (Å²) in [6.45, 7) is 2.40. The van der Waals surface area contributed by atoms with Crippen LogP contribution in [0.1, 0.15) is 17.3 Å². The van der Waals surface area contributed by atoms with Crippen LogP contribution in [-0.2, 0) is 4.74 Å². The summed E-state index contributed by atoms with van der Waals surface area (Å²) < 4.78 is 22.2. The van der Waals surface area contributed by atoms with Crippen molar-refractivity contribution in [3.05, 3.63) is 42.0 Å². The Balaban J connectivity index is 2.58. The van der Waals surface area contributed by atoms with Crippen LogP contribution in [0.3, 0.4) is 0 Å². The van der Waals surface area contributed by atoms with E-state index < -0.39 is 6.29 Å². The highest BCUT2D eigenvalue weighted by Crippen LogP contribution is 2.41. The summed E-state index contributed by atoms with van der Waals surface area (Å²) in [5, 5.41) is 0.483. The van der Waals surface area contributed by atoms with Crippen LogP contribution in [0.2, 0.25) is 0 Å². The van der Waals surface area contributed by atoms with Crippen molar-refractivity contribution >= 4 is 22.2 Å². The summed E-state index contributed by atoms with van der Waals surface area (Å²) in [5.41, 5.74) is 1.98. The van der Waals surface area contributed by atoms with E-state index in [0.29, 0.717) is 34.6 Å². The first kappa shape index (κ1) is 19.3. The van der Waals surface area contributed by atoms with Gasteiger partial charge in [-0.1, -0.05) is 28.1 Å². The average molecular weight is 409 g/mol. The van der Waals surface area contributed by atoms with Gasteiger partial charge >= 0.3 is 0 Å². The van der Waals surface area contributed by atoms with Crippen LogP contribution in [0.15, 0.2) is 36.4 Å². The van der Waals surface area contributed by atoms with Gasteiger partial charge in [0.15, 0.2) is 17.8 Å². The molecule has 0 saturated carbocycles. The van der Waals surface area contributed by atoms with Gasteiger partial charge in [0.25, 0.3) is 0 Å². The lowest BCUT2D eigenvalue weighted by atomic mass is 9.98. The summed E-state index contributed by atoms with van der Waals surface area (Å²) >= 11 is 3.38. The van der Waals surface area contributed by atoms with Crippen molar-refractivity contribution in [1.82, 2.24) is 0 Å². The lowest BCUT2D eigenvalue weighted by molar-refractivity contribution is -0.0577. The molecule has 134 valence electrons. The van der Waals surface area contributed by atoms with Crippen LogP contribution in [-0.4, -0.2) is 38.7 Å². The molecule has 0 spiro atoms. The van der Waals surface area contributed by atoms with Gasteiger partial charge in [0.2, 0.25) is 6.29 Å². The normalized spacial score (nSPS) is 11.7. The van der Waals surface area contributed by atoms with Gasteiger partial charge in [-0.15, -0.1) is 0 Å². The third kappa shape index (κ3) is 4.52. The SMILES string of the molecule is CCOC(CBr)Oc1c(OC)ccc(C=O)c1-c1ccc(OC)cc1. The predicted octanol–water partition coefficient (Wildman–Crippen LogP) is 4.32. The largest absolute Gasteiger partial charge is 0.497 e. The zero-order valence-electron chi connectivity index (χ0n) is 14.5. The number of hydrogen-bond donors (Lipinski definition) is 0. The van der Waals surface area contributed by atoms with E-state index in [1.165, 1.54) is 0 Å². The maximum absolute atomic E-state index is 11.6. The maximum atomic E-state index is 11.6. The molecule has 0 aromatic heterocycles. The number of benzene rings is 2. The highest BCUT2D eigenvalue weighted by atomic mass is 79.9. The lowest BCUT2D eigenvalue weighted by Gasteiger charge is -2.22. The number of rotatable bonds is 9. The second kappa shape index (κ2) is 9.44. The molecule has 1 atom stereocenters. The molecule has 0 heterocycles. The maximum Gasteiger partial charge on any atom is 0.209 e. The van der Waals surface area contributed by atoms with Crippen LogP contribution >= 0.6 is 15.9 Å². The van der Waals surface area contributed by atoms with Gasteiger partial charge in [-0.25, -0.2) is 0 Å². The number of carbonyl (C=O) groups is 1. The molecule has 0 fully saturated rings. The first-order chi connectivity index (χ1) is 12.2. The summed E-state index contributed by atoms with van der Waals surface area (Å²) in [4.78, 5) is 11.6. The van der Waals surface area contributed by atoms with E-state index in [1.807, 2.05) is 31.2 Å². The second-order valence-electron chi connectivity index (χ2n) is 5.06. The van der Waals surface area contributed by atoms with E-state index in [1.54, 1.807) is 26.4 Å². The average Bonchev–Trinajstić information content (AvgIpc) is 2.67. The molecule has 0 aliphatic carbocycles. The van der Waals surface area contributed by atoms with E-state index in [0.717, 1.165) is 17.6 Å². The molecule has 0 radical (unpaired) electrons. The number of hydrogen-bond acceptors (Lipinski definition) is 5. The molecule has 0 aliphatic rings. The fourth-order valence-corrected chi connectivity index (χ4v) is 2.76. The van der Waals surface area contributed by atoms with Gasteiger partial charge < -0.3 is 18.9 Å². The zero-order valence-corrected chi connectivity index (χ0v) is 16.0. The second-order valence-corrected chi connectivity index (χ2v) is 5.71. The van der Waals surface area contributed by atoms with Crippen LogP contribution in [0.4, 0.5) is 0 Å². The fourth-order valence-electron chi connectivity index (χ4n) is 2.44. The minimum atomic E-state index is -0.502. The minimum absolute atomic E-state index is 0.468. The Hall–Kier alpha value is -2.05. The molecule has 2 rings (SSSR count). The van der Waals surface area contributed by atoms with E-state index in [4.69, 9.17) is 18.9 Å². The number of halogens is 1. The fraction of sp³-hybridized carbons (Fsp3) is 0.316. The third-order valence-corrected chi connectivity index (χ3v) is 4.14. The van der Waals surface area contributed by atoms with Crippen LogP contribution < -0.4 is 14.2 Å². The number of carbonyl (C=O) groups excluding carboxylic acids is 1. The number of ether oxygens (including phenoxy) is 4. The summed E-state index contributed by atoms with van der Waals surface area (Å²) in [7, 11) is 3.17. The molecule has 2 aromatic carbocycles. The Morgan fingerprint density at radius 1 is 1.08 bits per heavy atom. The molecular formula is C19H21BrO5. The van der Waals surface area contributed by atoms with Gasteiger partial charge in [0, 0.05) is 17.7 Å². The Kier molecular flexibility index (Phi) is 7.28. The smallest absolute Gasteiger partial charge is 0.209 e. The highest BCUT2D eigenvalue weighted by Gasteiger charge is 2.21. The van der Waals surface area contributed by atoms with Crippen molar-refractivity contribution in [1.29, 1.82) is 0 Å². The van der Waals surface area contributed by atoms with Gasteiger partial charge in [0.1, 0.15) is 5.75 Å². The van der Waals surface area contributed by atoms with E-state index >= 15 is 0 Å². The van der Waals surface area contributed by atoms with Gasteiger partial charge in [-0.3, -0.25) is 4.79 Å². The van der Waals surface area contributed by atoms with Crippen molar-refractivity contribution in [2.75, 3.05) is 26.2 Å². The van der Waals surface area contributed by atoms with E-state index in [9.17, 15) is 4.79 Å². The summed E-state index contributed by atoms with van der Waals surface area (Å²) in [6, 6.07) is 10.8. The number of aldehydes is 1. The van der Waals surface area contributed by atoms with Crippen LogP contribution in [0, 0.1) is 0 Å². The lowest BCUT2D eigenvalue weighted by Crippen LogP contribution is -2.23. The van der Waals surface area contributed by atoms with E-state index in [2.05, 4.69) is 15.9 Å². The predicted molar refractivity (Wildman–Crippen MR) is 100 cm³/mol. The Morgan fingerprint density at radius 3 is 2.32 bits per heavy atom. The number of methoxy groups -OCH3 is 2. The van der Waals surface area contributed by atoms with Gasteiger partial charge in [-0.05, 0) is 36.8 Å². The Labute approximate surface area is 156 Å². The van der Waals surface area contributed by atoms with Crippen LogP contribution in [0.25, 0.3) is 11.1 Å². The topological polar surface area (TPSA) is 54.0 Å². The van der Waals surface area contributed by atoms with Crippen molar-refractivity contribution in [3.8, 4) is 28.4 Å². The molecule has 5 nitrogen and oxygen atoms in total. The zero-order chi connectivity index (χ0) is 18.2. The first-order valence-corrected chi connectivity index (χ1v) is 8.95. The van der Waals surface area contributed by atoms with Gasteiger partial charge in [-0.2, -0.15) is 0 Å². The molecule has 1 unspecified atom stereocenters. The van der Waals surface area contributed by atoms with Crippen molar-refractivity contribution in [2.24, 2.45) is 0 Å². The Morgan fingerprint density at radius 2 is 1.80 bits per heavy atom. The quantitative estimate of drug-likeness (QED) is 0.351. The molecule has 6 heteroatoms. The highest BCUT2D eigenvalue weighted by molar-refractivity contribution is 9.09. The molecular weight excluding hydrogens is 388 g/mol. The standard InChI is InChI=1S/C19H21BrO5/c1-4-24-17(11-20)25-19-16(23-3)10-7-14(12-21)18(19)13-5-8-15(22-2)9-6-13/h5-10,12,17H,4,11H2,1-3H3. The van der Waals surface area contributed by atoms with Crippen molar-refractivity contribution < 1.29 is 23.7 Å². The molecule has 0 bridgehead atoms. The third-order valence-electron chi connectivity index (χ3n) is 3.61. The van der Waals surface area contributed by atoms with E-state index in [-0.39, 0.29) is 0 Å². The number of alkyl halides is 1. The molecule has 0 aliphatic heterocycles. The molecule has 0 amide bonds. The monoisotopic (exact) mass is 408 g/mol. The minimum Gasteiger partial charge on any atom is -0.497 e. The summed E-state index contributed by atoms with van der Waals surface area (Å²) in [6.07, 6.45) is 0.299. The molecule has 25 heavy (non-hydrogen) atoms. The van der Waals surface area contributed by atoms with Crippen molar-refractivity contribution in [3.63, 3.8) is 0 Å². The van der Waals surface area contributed by atoms with Gasteiger partial charge in [0.05, 0.1) is 19.5 Å². The molecule has 0 N–H and O–H groups in total. The van der Waals surface area contributed by atoms with Crippen molar-refractivity contribution in [2.45, 2.75) is 13.2 Å². The molecule has 0 saturated heterocycles.